The van der Waals surface area contributed by atoms with Crippen molar-refractivity contribution in [2.75, 3.05) is 59.9 Å². The van der Waals surface area contributed by atoms with E-state index in [-0.39, 0.29) is 25.2 Å². The Morgan fingerprint density at radius 2 is 1.57 bits per heavy atom. The molecule has 6 rings (SSSR count). The van der Waals surface area contributed by atoms with Crippen LogP contribution in [0.4, 0.5) is 5.69 Å². The Morgan fingerprint density at radius 3 is 2.17 bits per heavy atom. The van der Waals surface area contributed by atoms with E-state index in [0.717, 1.165) is 33.8 Å². The lowest BCUT2D eigenvalue weighted by molar-refractivity contribution is -0.149. The van der Waals surface area contributed by atoms with Crippen LogP contribution in [0.3, 0.4) is 0 Å². The molecule has 0 radical (unpaired) electrons. The average molecular weight is 732 g/mol. The number of rotatable bonds is 15. The van der Waals surface area contributed by atoms with Crippen LogP contribution in [-0.2, 0) is 14.3 Å². The maximum absolute atomic E-state index is 14.8. The maximum atomic E-state index is 14.8. The van der Waals surface area contributed by atoms with Crippen LogP contribution in [0, 0.1) is 17.3 Å². The number of hydrogen-bond acceptors (Lipinski definition) is 11. The molecule has 0 saturated carbocycles. The minimum atomic E-state index is -0.902. The number of amides is 1. The van der Waals surface area contributed by atoms with Crippen LogP contribution in [-0.4, -0.2) is 83.2 Å². The minimum absolute atomic E-state index is 0.0938. The summed E-state index contributed by atoms with van der Waals surface area (Å²) < 4.78 is 40.4. The van der Waals surface area contributed by atoms with E-state index in [4.69, 9.17) is 38.3 Å². The number of methoxy groups -OCH3 is 4. The first kappa shape index (κ1) is 37.6. The Hall–Kier alpha value is -5.17. The molecule has 2 heterocycles. The number of ether oxygens (including phenoxy) is 7. The van der Waals surface area contributed by atoms with Gasteiger partial charge in [-0.05, 0) is 100 Å². The molecule has 0 spiro atoms. The molecule has 3 aliphatic rings. The van der Waals surface area contributed by atoms with Gasteiger partial charge in [-0.1, -0.05) is 0 Å². The number of carbonyl (C=O) groups excluding carboxylic acids is 1. The molecular weight excluding hydrogens is 682 g/mol. The predicted molar refractivity (Wildman–Crippen MR) is 198 cm³/mol. The van der Waals surface area contributed by atoms with Crippen molar-refractivity contribution in [2.45, 2.75) is 52.1 Å². The van der Waals surface area contributed by atoms with Gasteiger partial charge >= 0.3 is 5.97 Å². The second kappa shape index (κ2) is 15.1. The molecule has 3 atom stereocenters. The third-order valence-electron chi connectivity index (χ3n) is 10.4. The molecule has 2 aliphatic heterocycles. The van der Waals surface area contributed by atoms with Crippen LogP contribution in [0.1, 0.15) is 63.1 Å². The third kappa shape index (κ3) is 7.53. The summed E-state index contributed by atoms with van der Waals surface area (Å²) in [5, 5.41) is 19.8. The number of carbonyl (C=O) groups is 2. The highest BCUT2D eigenvalue weighted by atomic mass is 16.7. The van der Waals surface area contributed by atoms with Crippen molar-refractivity contribution in [1.82, 2.24) is 5.32 Å². The highest BCUT2D eigenvalue weighted by Gasteiger charge is 2.50. The first-order valence-electron chi connectivity index (χ1n) is 17.7. The van der Waals surface area contributed by atoms with Gasteiger partial charge in [0.25, 0.3) is 0 Å². The lowest BCUT2D eigenvalue weighted by Gasteiger charge is -2.38. The van der Waals surface area contributed by atoms with Gasteiger partial charge in [0.1, 0.15) is 5.75 Å². The number of anilines is 1. The Morgan fingerprint density at radius 1 is 0.906 bits per heavy atom. The van der Waals surface area contributed by atoms with Gasteiger partial charge in [-0.2, -0.15) is 5.10 Å². The maximum Gasteiger partial charge on any atom is 0.309 e. The Kier molecular flexibility index (Phi) is 10.7. The summed E-state index contributed by atoms with van der Waals surface area (Å²) in [4.78, 5) is 26.4. The van der Waals surface area contributed by atoms with Gasteiger partial charge < -0.3 is 43.6 Å². The number of hydrazone groups is 1. The summed E-state index contributed by atoms with van der Waals surface area (Å²) in [7, 11) is 6.32. The van der Waals surface area contributed by atoms with Gasteiger partial charge in [-0.3, -0.25) is 14.6 Å². The first-order chi connectivity index (χ1) is 25.3. The summed E-state index contributed by atoms with van der Waals surface area (Å²) in [6.45, 7) is 8.41. The molecule has 53 heavy (non-hydrogen) atoms. The van der Waals surface area contributed by atoms with Crippen LogP contribution in [0.15, 0.2) is 53.6 Å². The second-order valence-corrected chi connectivity index (χ2v) is 14.7. The van der Waals surface area contributed by atoms with Gasteiger partial charge in [0, 0.05) is 30.6 Å². The third-order valence-corrected chi connectivity index (χ3v) is 10.4. The highest BCUT2D eigenvalue weighted by Crippen LogP contribution is 2.52. The van der Waals surface area contributed by atoms with Crippen molar-refractivity contribution in [3.63, 3.8) is 0 Å². The number of carboxylic acids is 1. The number of nitrogens with zero attached hydrogens (tertiary/aromatic N) is 2. The fourth-order valence-electron chi connectivity index (χ4n) is 7.20. The Balaban J connectivity index is 1.38. The van der Waals surface area contributed by atoms with E-state index in [2.05, 4.69) is 5.32 Å². The quantitative estimate of drug-likeness (QED) is 0.194. The molecule has 3 aromatic carbocycles. The molecule has 3 aromatic rings. The molecular formula is C40H49N3O10. The fourth-order valence-corrected chi connectivity index (χ4v) is 7.20. The van der Waals surface area contributed by atoms with E-state index in [0.29, 0.717) is 54.7 Å². The van der Waals surface area contributed by atoms with Crippen LogP contribution in [0.25, 0.3) is 0 Å². The van der Waals surface area contributed by atoms with Gasteiger partial charge in [0.2, 0.25) is 18.4 Å². The summed E-state index contributed by atoms with van der Waals surface area (Å²) in [5.74, 6) is 0.897. The first-order valence-corrected chi connectivity index (χ1v) is 17.7. The topological polar surface area (TPSA) is 147 Å². The van der Waals surface area contributed by atoms with E-state index < -0.39 is 28.8 Å². The van der Waals surface area contributed by atoms with Crippen molar-refractivity contribution in [3.8, 4) is 34.5 Å². The van der Waals surface area contributed by atoms with E-state index in [9.17, 15) is 14.7 Å². The summed E-state index contributed by atoms with van der Waals surface area (Å²) in [6.07, 6.45) is 0.871. The predicted octanol–water partition coefficient (Wildman–Crippen LogP) is 5.85. The molecule has 1 aliphatic carbocycles. The van der Waals surface area contributed by atoms with E-state index in [1.807, 2.05) is 67.4 Å². The van der Waals surface area contributed by atoms with Gasteiger partial charge in [-0.15, -0.1) is 0 Å². The van der Waals surface area contributed by atoms with Crippen molar-refractivity contribution in [3.05, 3.63) is 65.2 Å². The van der Waals surface area contributed by atoms with Crippen molar-refractivity contribution in [2.24, 2.45) is 22.4 Å². The van der Waals surface area contributed by atoms with Crippen LogP contribution in [0.5, 0.6) is 34.5 Å². The lowest BCUT2D eigenvalue weighted by Crippen LogP contribution is -2.46. The van der Waals surface area contributed by atoms with Crippen LogP contribution < -0.4 is 38.7 Å². The minimum Gasteiger partial charge on any atom is -0.497 e. The summed E-state index contributed by atoms with van der Waals surface area (Å²) in [5.41, 5.74) is 2.66. The van der Waals surface area contributed by atoms with Crippen LogP contribution in [0.2, 0.25) is 0 Å². The molecule has 0 bridgehead atoms. The number of carboxylic acid groups (broad SMARTS) is 1. The Bertz CT molecular complexity index is 1850. The molecule has 284 valence electrons. The van der Waals surface area contributed by atoms with Crippen molar-refractivity contribution in [1.29, 1.82) is 0 Å². The summed E-state index contributed by atoms with van der Waals surface area (Å²) >= 11 is 0. The largest absolute Gasteiger partial charge is 0.497 e. The standard InChI is InChI=1S/C40H49N3O10/c1-39(2,38(45)46)14-16-53-40(3,4)13-15-41-37(44)34-28-21-43(24-9-11-25(47-5)12-10-24)42-35(28)27-20-30-29(51-22-52-30)19-26(27)33(34)23-17-31(48-6)36(50-8)32(18-23)49-7/h9-12,17-20,28,33-34H,13-16,21-22H2,1-8H3,(H,41,44)(H,45,46)/t28-,33+,34-/m0/s1. The fraction of sp³-hybridized carbons (Fsp3) is 0.475. The normalized spacial score (nSPS) is 18.8. The molecule has 1 amide bonds. The number of aliphatic carboxylic acids is 1. The molecule has 0 fully saturated rings. The van der Waals surface area contributed by atoms with Gasteiger partial charge in [-0.25, -0.2) is 0 Å². The number of fused-ring (bicyclic) bond motifs is 4. The smallest absolute Gasteiger partial charge is 0.309 e. The molecule has 0 aromatic heterocycles. The SMILES string of the molecule is COc1ccc(N2C[C@@H]3C(=N2)c2cc4c(cc2[C@@H](c2cc(OC)c(OC)c(OC)c2)[C@H]3C(=O)NCCC(C)(C)OCCC(C)(C)C(=O)O)OCO4)cc1. The highest BCUT2D eigenvalue weighted by molar-refractivity contribution is 6.10. The summed E-state index contributed by atoms with van der Waals surface area (Å²) in [6, 6.07) is 15.4. The molecule has 0 saturated heterocycles. The molecule has 13 heteroatoms. The molecule has 0 unspecified atom stereocenters. The number of hydrogen-bond donors (Lipinski definition) is 2. The van der Waals surface area contributed by atoms with Crippen molar-refractivity contribution >= 4 is 23.3 Å². The number of benzene rings is 3. The van der Waals surface area contributed by atoms with E-state index in [1.54, 1.807) is 42.3 Å². The number of nitrogens with one attached hydrogen (secondary N) is 1. The van der Waals surface area contributed by atoms with Crippen LogP contribution >= 0.6 is 0 Å². The molecule has 2 N–H and O–H groups in total. The monoisotopic (exact) mass is 731 g/mol. The average Bonchev–Trinajstić information content (AvgIpc) is 3.80. The zero-order valence-electron chi connectivity index (χ0n) is 31.6. The van der Waals surface area contributed by atoms with E-state index >= 15 is 0 Å². The second-order valence-electron chi connectivity index (χ2n) is 14.7. The van der Waals surface area contributed by atoms with Crippen molar-refractivity contribution < 1.29 is 47.9 Å². The van der Waals surface area contributed by atoms with Gasteiger partial charge in [0.15, 0.2) is 23.0 Å². The zero-order valence-corrected chi connectivity index (χ0v) is 31.6. The molecule has 13 nitrogen and oxygen atoms in total. The van der Waals surface area contributed by atoms with E-state index in [1.165, 1.54) is 0 Å². The zero-order chi connectivity index (χ0) is 38.1. The Labute approximate surface area is 310 Å². The lowest BCUT2D eigenvalue weighted by atomic mass is 9.65. The van der Waals surface area contributed by atoms with Gasteiger partial charge in [0.05, 0.1) is 63.3 Å².